The van der Waals surface area contributed by atoms with Crippen molar-refractivity contribution >= 4 is 135 Å². The van der Waals surface area contributed by atoms with Gasteiger partial charge in [-0.05, 0) is 159 Å². The minimum absolute atomic E-state index is 0.0360. The first-order valence-corrected chi connectivity index (χ1v) is 28.7. The third kappa shape index (κ3) is 7.52. The summed E-state index contributed by atoms with van der Waals surface area (Å²) in [5.41, 5.74) is 16.9. The van der Waals surface area contributed by atoms with Gasteiger partial charge in [0.1, 0.15) is 11.2 Å². The van der Waals surface area contributed by atoms with Crippen LogP contribution in [0.15, 0.2) is 253 Å². The molecule has 3 nitrogen and oxygen atoms in total. The highest BCUT2D eigenvalue weighted by Crippen LogP contribution is 2.46. The van der Waals surface area contributed by atoms with Crippen molar-refractivity contribution in [2.75, 3.05) is 4.90 Å². The first-order chi connectivity index (χ1) is 38.7. The maximum Gasteiger partial charge on any atom is 0.137 e. The lowest BCUT2D eigenvalue weighted by molar-refractivity contribution is 0.590. The molecule has 0 fully saturated rings. The van der Waals surface area contributed by atoms with Gasteiger partial charge < -0.3 is 13.9 Å². The molecule has 0 amide bonds. The van der Waals surface area contributed by atoms with Gasteiger partial charge in [0.25, 0.3) is 0 Å². The summed E-state index contributed by atoms with van der Waals surface area (Å²) in [5, 5.41) is 12.5. The second-order valence-electron chi connectivity index (χ2n) is 22.1. The van der Waals surface area contributed by atoms with Crippen LogP contribution in [0.2, 0.25) is 0 Å². The van der Waals surface area contributed by atoms with Gasteiger partial charge >= 0.3 is 0 Å². The normalized spacial score (nSPS) is 12.2. The highest BCUT2D eigenvalue weighted by atomic mass is 32.1. The predicted molar refractivity (Wildman–Crippen MR) is 341 cm³/mol. The minimum Gasteiger partial charge on any atom is -0.456 e. The van der Waals surface area contributed by atoms with Crippen LogP contribution < -0.4 is 4.90 Å². The summed E-state index contributed by atoms with van der Waals surface area (Å²) in [7, 11) is 0. The molecular weight excluding hydrogens is 997 g/mol. The lowest BCUT2D eigenvalue weighted by atomic mass is 9.87. The summed E-state index contributed by atoms with van der Waals surface area (Å²) >= 11 is 3.77. The van der Waals surface area contributed by atoms with Crippen LogP contribution in [0.4, 0.5) is 17.1 Å². The van der Waals surface area contributed by atoms with Crippen molar-refractivity contribution < 1.29 is 4.42 Å². The zero-order valence-electron chi connectivity index (χ0n) is 43.8. The van der Waals surface area contributed by atoms with Crippen LogP contribution in [0.3, 0.4) is 0 Å². The molecule has 0 saturated carbocycles. The van der Waals surface area contributed by atoms with Gasteiger partial charge in [-0.2, -0.15) is 0 Å². The molecule has 0 saturated heterocycles. The molecule has 0 unspecified atom stereocenters. The molecule has 0 aliphatic heterocycles. The van der Waals surface area contributed by atoms with E-state index in [1.54, 1.807) is 0 Å². The Morgan fingerprint density at radius 1 is 0.342 bits per heavy atom. The number of hydrogen-bond acceptors (Lipinski definition) is 4. The fourth-order valence-electron chi connectivity index (χ4n) is 12.3. The molecule has 0 atom stereocenters. The van der Waals surface area contributed by atoms with Crippen molar-refractivity contribution in [3.63, 3.8) is 0 Å². The second-order valence-corrected chi connectivity index (χ2v) is 24.2. The second kappa shape index (κ2) is 17.6. The first-order valence-electron chi connectivity index (χ1n) is 27.1. The van der Waals surface area contributed by atoms with Crippen LogP contribution in [0.25, 0.3) is 134 Å². The van der Waals surface area contributed by atoms with E-state index in [9.17, 15) is 0 Å². The standard InChI is InChI=1S/C74H50N2OS2/c1-74(2,3)52-25-29-54(30-26-52)75(55-31-34-58-57-15-7-10-18-68(57)77-69(58)42-55)53-27-21-46(22-28-53)50-37-49(45-13-5-4-6-14-45)38-51(39-50)47-24-36-66-64(40-47)65-41-48-23-33-62-60-17-9-12-20-71(60)79-73(62)63(48)44-67(65)76(66)56-32-35-61-59-16-8-11-19-70(59)78-72(61)43-56/h4-44H,1-3H3. The molecule has 16 rings (SSSR count). The number of fused-ring (bicyclic) bond motifs is 14. The summed E-state index contributed by atoms with van der Waals surface area (Å²) in [4.78, 5) is 2.34. The van der Waals surface area contributed by atoms with Crippen molar-refractivity contribution in [3.05, 3.63) is 254 Å². The number of benzene rings is 12. The van der Waals surface area contributed by atoms with Crippen LogP contribution in [-0.4, -0.2) is 4.57 Å². The molecule has 0 aliphatic rings. The average Bonchev–Trinajstić information content (AvgIpc) is 4.45. The molecule has 4 heterocycles. The summed E-state index contributed by atoms with van der Waals surface area (Å²) in [6, 6.07) is 92.2. The molecule has 0 aliphatic carbocycles. The van der Waals surface area contributed by atoms with Gasteiger partial charge in [0, 0.05) is 96.1 Å². The molecule has 374 valence electrons. The summed E-state index contributed by atoms with van der Waals surface area (Å²) < 4.78 is 14.2. The predicted octanol–water partition coefficient (Wildman–Crippen LogP) is 22.3. The zero-order valence-corrected chi connectivity index (χ0v) is 45.4. The SMILES string of the molecule is CC(C)(C)c1ccc(N(c2ccc(-c3cc(-c4ccccc4)cc(-c4ccc5c(c4)c4cc6ccc7c8ccccc8sc7c6cc4n5-c4ccc5c(c4)sc4ccccc45)c3)cc2)c2ccc3c(c2)oc2ccccc23)cc1. The van der Waals surface area contributed by atoms with Crippen LogP contribution in [-0.2, 0) is 5.41 Å². The van der Waals surface area contributed by atoms with Gasteiger partial charge in [-0.15, -0.1) is 22.7 Å². The quantitative estimate of drug-likeness (QED) is 0.159. The van der Waals surface area contributed by atoms with Crippen LogP contribution in [0.1, 0.15) is 26.3 Å². The van der Waals surface area contributed by atoms with Crippen molar-refractivity contribution in [2.45, 2.75) is 26.2 Å². The molecule has 4 aromatic heterocycles. The number of para-hydroxylation sites is 1. The monoisotopic (exact) mass is 1050 g/mol. The topological polar surface area (TPSA) is 21.3 Å². The Kier molecular flexibility index (Phi) is 10.2. The Bertz CT molecular complexity index is 5110. The maximum atomic E-state index is 6.45. The van der Waals surface area contributed by atoms with E-state index in [-0.39, 0.29) is 5.41 Å². The fraction of sp³-hybridized carbons (Fsp3) is 0.0541. The number of rotatable bonds is 7. The number of thiophene rings is 2. The Morgan fingerprint density at radius 3 is 1.67 bits per heavy atom. The van der Waals surface area contributed by atoms with Gasteiger partial charge in [-0.25, -0.2) is 0 Å². The van der Waals surface area contributed by atoms with Crippen LogP contribution in [0.5, 0.6) is 0 Å². The highest BCUT2D eigenvalue weighted by molar-refractivity contribution is 7.26. The number of aromatic nitrogens is 1. The highest BCUT2D eigenvalue weighted by Gasteiger charge is 2.21. The summed E-state index contributed by atoms with van der Waals surface area (Å²) in [5.74, 6) is 0. The van der Waals surface area contributed by atoms with Gasteiger partial charge in [0.15, 0.2) is 0 Å². The molecule has 16 aromatic rings. The van der Waals surface area contributed by atoms with E-state index < -0.39 is 0 Å². The van der Waals surface area contributed by atoms with E-state index in [4.69, 9.17) is 4.42 Å². The third-order valence-electron chi connectivity index (χ3n) is 16.3. The van der Waals surface area contributed by atoms with Crippen molar-refractivity contribution in [1.29, 1.82) is 0 Å². The van der Waals surface area contributed by atoms with E-state index in [0.717, 1.165) is 50.1 Å². The van der Waals surface area contributed by atoms with E-state index >= 15 is 0 Å². The van der Waals surface area contributed by atoms with Gasteiger partial charge in [-0.3, -0.25) is 0 Å². The molecule has 79 heavy (non-hydrogen) atoms. The number of nitrogens with zero attached hydrogens (tertiary/aromatic N) is 2. The van der Waals surface area contributed by atoms with E-state index in [0.29, 0.717) is 0 Å². The molecular formula is C74H50N2OS2. The van der Waals surface area contributed by atoms with Gasteiger partial charge in [0.05, 0.1) is 11.0 Å². The van der Waals surface area contributed by atoms with Crippen molar-refractivity contribution in [2.24, 2.45) is 0 Å². The number of furan rings is 1. The molecule has 0 radical (unpaired) electrons. The average molecular weight is 1050 g/mol. The van der Waals surface area contributed by atoms with Crippen LogP contribution in [0, 0.1) is 0 Å². The lowest BCUT2D eigenvalue weighted by Crippen LogP contribution is -2.13. The number of hydrogen-bond donors (Lipinski definition) is 0. The minimum atomic E-state index is 0.0360. The molecule has 5 heteroatoms. The van der Waals surface area contributed by atoms with Gasteiger partial charge in [0.2, 0.25) is 0 Å². The van der Waals surface area contributed by atoms with Crippen molar-refractivity contribution in [3.8, 4) is 39.1 Å². The van der Waals surface area contributed by atoms with Crippen LogP contribution >= 0.6 is 22.7 Å². The Labute approximate surface area is 465 Å². The Hall–Kier alpha value is -9.26. The van der Waals surface area contributed by atoms with E-state index in [1.807, 2.05) is 34.8 Å². The molecule has 0 N–H and O–H groups in total. The summed E-state index contributed by atoms with van der Waals surface area (Å²) in [6.45, 7) is 6.80. The van der Waals surface area contributed by atoms with Gasteiger partial charge in [-0.1, -0.05) is 154 Å². The Balaban J connectivity index is 0.852. The van der Waals surface area contributed by atoms with E-state index in [1.165, 1.54) is 106 Å². The van der Waals surface area contributed by atoms with Crippen molar-refractivity contribution in [1.82, 2.24) is 4.57 Å². The molecule has 12 aromatic carbocycles. The fourth-order valence-corrected chi connectivity index (χ4v) is 14.7. The molecule has 0 spiro atoms. The largest absolute Gasteiger partial charge is 0.456 e. The third-order valence-corrected chi connectivity index (χ3v) is 18.7. The first kappa shape index (κ1) is 45.9. The maximum absolute atomic E-state index is 6.45. The Morgan fingerprint density at radius 2 is 0.911 bits per heavy atom. The zero-order chi connectivity index (χ0) is 52.5. The summed E-state index contributed by atoms with van der Waals surface area (Å²) in [6.07, 6.45) is 0. The smallest absolute Gasteiger partial charge is 0.137 e. The lowest BCUT2D eigenvalue weighted by Gasteiger charge is -2.27. The molecule has 0 bridgehead atoms. The number of anilines is 3. The van der Waals surface area contributed by atoms with E-state index in [2.05, 4.69) is 267 Å².